The summed E-state index contributed by atoms with van der Waals surface area (Å²) < 4.78 is 4.51. The SMILES string of the molecule is CC(=O)OCC=C=CCl. The van der Waals surface area contributed by atoms with E-state index in [-0.39, 0.29) is 12.6 Å². The van der Waals surface area contributed by atoms with Gasteiger partial charge in [-0.05, 0) is 6.08 Å². The molecule has 0 fully saturated rings. The Balaban J connectivity index is 3.30. The Morgan fingerprint density at radius 1 is 1.89 bits per heavy atom. The van der Waals surface area contributed by atoms with Gasteiger partial charge in [-0.2, -0.15) is 0 Å². The van der Waals surface area contributed by atoms with Gasteiger partial charge in [-0.3, -0.25) is 4.79 Å². The molecule has 0 unspecified atom stereocenters. The van der Waals surface area contributed by atoms with Gasteiger partial charge >= 0.3 is 5.97 Å². The maximum Gasteiger partial charge on any atom is 0.302 e. The summed E-state index contributed by atoms with van der Waals surface area (Å²) in [6, 6.07) is 0. The van der Waals surface area contributed by atoms with Crippen LogP contribution >= 0.6 is 11.6 Å². The molecule has 0 aliphatic heterocycles. The molecular formula is C6H7ClO2. The van der Waals surface area contributed by atoms with E-state index in [0.29, 0.717) is 0 Å². The van der Waals surface area contributed by atoms with Crippen molar-refractivity contribution < 1.29 is 9.53 Å². The average molecular weight is 147 g/mol. The van der Waals surface area contributed by atoms with Crippen LogP contribution < -0.4 is 0 Å². The topological polar surface area (TPSA) is 26.3 Å². The van der Waals surface area contributed by atoms with Crippen molar-refractivity contribution in [3.63, 3.8) is 0 Å². The van der Waals surface area contributed by atoms with Crippen molar-refractivity contribution in [3.05, 3.63) is 17.3 Å². The smallest absolute Gasteiger partial charge is 0.302 e. The van der Waals surface area contributed by atoms with E-state index < -0.39 is 0 Å². The molecule has 2 nitrogen and oxygen atoms in total. The van der Waals surface area contributed by atoms with Crippen LogP contribution in [0.15, 0.2) is 17.3 Å². The Morgan fingerprint density at radius 2 is 2.56 bits per heavy atom. The molecule has 3 heteroatoms. The van der Waals surface area contributed by atoms with Crippen molar-refractivity contribution in [2.75, 3.05) is 6.61 Å². The minimum atomic E-state index is -0.303. The normalized spacial score (nSPS) is 7.33. The first kappa shape index (κ1) is 8.28. The number of hydrogen-bond acceptors (Lipinski definition) is 2. The molecule has 0 radical (unpaired) electrons. The van der Waals surface area contributed by atoms with Gasteiger partial charge in [0, 0.05) is 12.5 Å². The summed E-state index contributed by atoms with van der Waals surface area (Å²) in [6.45, 7) is 1.58. The van der Waals surface area contributed by atoms with Gasteiger partial charge in [0.15, 0.2) is 0 Å². The average Bonchev–Trinajstić information content (AvgIpc) is 1.80. The molecule has 0 N–H and O–H groups in total. The summed E-state index contributed by atoms with van der Waals surface area (Å²) in [6.07, 6.45) is 1.52. The van der Waals surface area contributed by atoms with Crippen LogP contribution in [0.3, 0.4) is 0 Å². The van der Waals surface area contributed by atoms with Gasteiger partial charge in [-0.15, -0.1) is 5.73 Å². The summed E-state index contributed by atoms with van der Waals surface area (Å²) in [5.74, 6) is -0.303. The van der Waals surface area contributed by atoms with Crippen molar-refractivity contribution in [2.45, 2.75) is 6.92 Å². The number of hydrogen-bond donors (Lipinski definition) is 0. The van der Waals surface area contributed by atoms with Crippen molar-refractivity contribution in [2.24, 2.45) is 0 Å². The van der Waals surface area contributed by atoms with Gasteiger partial charge in [0.25, 0.3) is 0 Å². The fourth-order valence-electron chi connectivity index (χ4n) is 0.252. The van der Waals surface area contributed by atoms with E-state index in [1.54, 1.807) is 0 Å². The minimum absolute atomic E-state index is 0.235. The van der Waals surface area contributed by atoms with Crippen LogP contribution in [-0.4, -0.2) is 12.6 Å². The summed E-state index contributed by atoms with van der Waals surface area (Å²) in [5, 5.41) is 0. The predicted octanol–water partition coefficient (Wildman–Crippen LogP) is 1.46. The first-order valence-electron chi connectivity index (χ1n) is 2.40. The summed E-state index contributed by atoms with van der Waals surface area (Å²) >= 11 is 5.11. The second-order valence-corrected chi connectivity index (χ2v) is 1.50. The fourth-order valence-corrected chi connectivity index (χ4v) is 0.341. The molecule has 0 aromatic carbocycles. The quantitative estimate of drug-likeness (QED) is 0.436. The van der Waals surface area contributed by atoms with E-state index in [0.717, 1.165) is 0 Å². The van der Waals surface area contributed by atoms with Crippen molar-refractivity contribution in [3.8, 4) is 0 Å². The molecule has 0 heterocycles. The number of carbonyl (C=O) groups is 1. The number of carbonyl (C=O) groups excluding carboxylic acids is 1. The van der Waals surface area contributed by atoms with E-state index >= 15 is 0 Å². The van der Waals surface area contributed by atoms with Gasteiger partial charge in [0.2, 0.25) is 0 Å². The minimum Gasteiger partial charge on any atom is -0.461 e. The lowest BCUT2D eigenvalue weighted by molar-refractivity contribution is -0.139. The Labute approximate surface area is 58.8 Å². The van der Waals surface area contributed by atoms with Crippen LogP contribution in [0.4, 0.5) is 0 Å². The number of ether oxygens (including phenoxy) is 1. The third kappa shape index (κ3) is 7.28. The molecule has 50 valence electrons. The zero-order valence-corrected chi connectivity index (χ0v) is 5.81. The van der Waals surface area contributed by atoms with Crippen molar-refractivity contribution >= 4 is 17.6 Å². The second-order valence-electron chi connectivity index (χ2n) is 1.28. The highest BCUT2D eigenvalue weighted by Crippen LogP contribution is 1.77. The first-order valence-corrected chi connectivity index (χ1v) is 2.84. The van der Waals surface area contributed by atoms with Gasteiger partial charge < -0.3 is 4.74 Å². The Hall–Kier alpha value is -0.720. The van der Waals surface area contributed by atoms with Crippen LogP contribution in [0.25, 0.3) is 0 Å². The zero-order valence-electron chi connectivity index (χ0n) is 5.06. The summed E-state index contributed by atoms with van der Waals surface area (Å²) in [5.41, 5.74) is 3.77. The molecule has 0 aromatic heterocycles. The monoisotopic (exact) mass is 146 g/mol. The molecule has 0 spiro atoms. The largest absolute Gasteiger partial charge is 0.461 e. The molecule has 0 aliphatic rings. The van der Waals surface area contributed by atoms with Crippen LogP contribution in [0.1, 0.15) is 6.92 Å². The van der Waals surface area contributed by atoms with Crippen LogP contribution in [0, 0.1) is 0 Å². The van der Waals surface area contributed by atoms with Gasteiger partial charge in [0.1, 0.15) is 6.61 Å². The first-order chi connectivity index (χ1) is 4.27. The van der Waals surface area contributed by atoms with Gasteiger partial charge in [-0.25, -0.2) is 0 Å². The van der Waals surface area contributed by atoms with Crippen LogP contribution in [0.5, 0.6) is 0 Å². The maximum absolute atomic E-state index is 10.1. The summed E-state index contributed by atoms with van der Waals surface area (Å²) in [7, 11) is 0. The maximum atomic E-state index is 10.1. The molecule has 9 heavy (non-hydrogen) atoms. The van der Waals surface area contributed by atoms with Crippen LogP contribution in [0.2, 0.25) is 0 Å². The van der Waals surface area contributed by atoms with E-state index in [1.165, 1.54) is 18.5 Å². The highest BCUT2D eigenvalue weighted by molar-refractivity contribution is 6.25. The number of halogens is 1. The number of esters is 1. The van der Waals surface area contributed by atoms with Gasteiger partial charge in [-0.1, -0.05) is 11.6 Å². The van der Waals surface area contributed by atoms with E-state index in [4.69, 9.17) is 11.6 Å². The second kappa shape index (κ2) is 5.42. The van der Waals surface area contributed by atoms with Crippen molar-refractivity contribution in [1.29, 1.82) is 0 Å². The molecule has 0 rings (SSSR count). The van der Waals surface area contributed by atoms with Gasteiger partial charge in [0.05, 0.1) is 0 Å². The third-order valence-corrected chi connectivity index (χ3v) is 0.677. The highest BCUT2D eigenvalue weighted by Gasteiger charge is 1.84. The lowest BCUT2D eigenvalue weighted by atomic mass is 10.6. The zero-order chi connectivity index (χ0) is 7.11. The summed E-state index contributed by atoms with van der Waals surface area (Å²) in [4.78, 5) is 10.1. The lowest BCUT2D eigenvalue weighted by Gasteiger charge is -1.90. The Morgan fingerprint density at radius 3 is 3.00 bits per heavy atom. The molecule has 0 bridgehead atoms. The fraction of sp³-hybridized carbons (Fsp3) is 0.333. The molecular weight excluding hydrogens is 140 g/mol. The Kier molecular flexibility index (Phi) is 4.98. The molecule has 0 aliphatic carbocycles. The lowest BCUT2D eigenvalue weighted by Crippen LogP contribution is -1.96. The molecule has 0 saturated carbocycles. The standard InChI is InChI=1S/C6H7ClO2/c1-6(8)9-5-3-2-4-7/h3-4H,5H2,1H3. The molecule has 0 amide bonds. The number of rotatable bonds is 2. The predicted molar refractivity (Wildman–Crippen MR) is 35.1 cm³/mol. The van der Waals surface area contributed by atoms with Crippen molar-refractivity contribution in [1.82, 2.24) is 0 Å². The molecule has 0 atom stereocenters. The Bertz CT molecular complexity index is 145. The van der Waals surface area contributed by atoms with E-state index in [1.807, 2.05) is 0 Å². The van der Waals surface area contributed by atoms with Crippen LogP contribution in [-0.2, 0) is 9.53 Å². The third-order valence-electron chi connectivity index (χ3n) is 0.551. The highest BCUT2D eigenvalue weighted by atomic mass is 35.5. The molecule has 0 aromatic rings. The van der Waals surface area contributed by atoms with E-state index in [9.17, 15) is 4.79 Å². The molecule has 0 saturated heterocycles. The van der Waals surface area contributed by atoms with E-state index in [2.05, 4.69) is 10.5 Å².